The van der Waals surface area contributed by atoms with Crippen LogP contribution in [-0.4, -0.2) is 26.2 Å². The minimum atomic E-state index is -0.577. The Morgan fingerprint density at radius 3 is 1.13 bits per heavy atom. The van der Waals surface area contributed by atoms with Crippen LogP contribution in [0, 0.1) is 0 Å². The number of anilines is 6. The highest BCUT2D eigenvalue weighted by Crippen LogP contribution is 2.55. The van der Waals surface area contributed by atoms with Crippen LogP contribution in [0.1, 0.15) is 143 Å². The lowest BCUT2D eigenvalue weighted by atomic mass is 9.33. The normalized spacial score (nSPS) is 14.0. The van der Waals surface area contributed by atoms with Crippen LogP contribution >= 0.6 is 0 Å². The smallest absolute Gasteiger partial charge is 0.252 e. The van der Waals surface area contributed by atoms with Gasteiger partial charge in [0.1, 0.15) is 0 Å². The minimum absolute atomic E-state index is 0.00904. The van der Waals surface area contributed by atoms with Gasteiger partial charge in [-0.1, -0.05) is 352 Å². The maximum atomic E-state index is 10.0. The van der Waals surface area contributed by atoms with Gasteiger partial charge in [-0.3, -0.25) is 0 Å². The van der Waals surface area contributed by atoms with Crippen LogP contribution < -0.4 is 26.2 Å². The highest BCUT2D eigenvalue weighted by atomic mass is 15.2. The van der Waals surface area contributed by atoms with E-state index in [1.54, 1.807) is 4.57 Å². The number of para-hydroxylation sites is 2. The standard InChI is InChI=1S/C107H97BN6/c1-103(2,3)78-55-75(56-79(63-78)104(4,5)6)74-49-52-89-94(60-74)113(93-54-50-73(68-35-21-16-22-36-68)59-86(93)69-37-23-17-24-38-69)96-61-77(76-57-80(105(7,8)9)64-81(58-76)106(10,11)12)62-97-98(96)108(89)90-53-51-83(112-91-47-33-31-45-84(91)85-46-32-34-48-92(85)112)67-95(90)114(97)99-87(70-39-25-18-26-40-70)65-82(107(13,14)15)66-88(99)102-110-100(71-41-27-19-28-42-71)109-101(111-102)72-43-29-20-30-44-72/h16-67H,1-15H3/i31D,32D,33D,34D,45D,46D,47D,48D. The summed E-state index contributed by atoms with van der Waals surface area (Å²) < 4.78 is 78.5. The van der Waals surface area contributed by atoms with E-state index in [2.05, 4.69) is 308 Å². The molecule has 14 aromatic carbocycles. The fourth-order valence-corrected chi connectivity index (χ4v) is 16.6. The Hall–Kier alpha value is -12.4. The number of nitrogens with zero attached hydrogens (tertiary/aromatic N) is 6. The van der Waals surface area contributed by atoms with Gasteiger partial charge in [0.25, 0.3) is 6.71 Å². The number of aromatic nitrogens is 4. The van der Waals surface area contributed by atoms with Gasteiger partial charge in [0.15, 0.2) is 17.5 Å². The van der Waals surface area contributed by atoms with Gasteiger partial charge in [-0.25, -0.2) is 15.0 Å². The average Bonchev–Trinajstić information content (AvgIpc) is 0.914. The molecule has 0 amide bonds. The molecule has 0 bridgehead atoms. The number of hydrogen-bond donors (Lipinski definition) is 0. The summed E-state index contributed by atoms with van der Waals surface area (Å²) >= 11 is 0. The molecule has 2 aliphatic rings. The lowest BCUT2D eigenvalue weighted by Gasteiger charge is -2.46. The van der Waals surface area contributed by atoms with Crippen molar-refractivity contribution in [2.75, 3.05) is 9.80 Å². The summed E-state index contributed by atoms with van der Waals surface area (Å²) in [6.07, 6.45) is 0. The first kappa shape index (κ1) is 64.1. The largest absolute Gasteiger partial charge is 0.311 e. The molecule has 7 heteroatoms. The second kappa shape index (κ2) is 27.7. The molecular weight excluding hydrogens is 1380 g/mol. The molecule has 114 heavy (non-hydrogen) atoms. The molecule has 0 aliphatic carbocycles. The van der Waals surface area contributed by atoms with Gasteiger partial charge in [-0.15, -0.1) is 0 Å². The van der Waals surface area contributed by atoms with Crippen LogP contribution in [0.2, 0.25) is 0 Å². The van der Waals surface area contributed by atoms with E-state index in [-0.39, 0.29) is 43.5 Å². The predicted molar refractivity (Wildman–Crippen MR) is 485 cm³/mol. The Morgan fingerprint density at radius 1 is 0.272 bits per heavy atom. The van der Waals surface area contributed by atoms with Crippen molar-refractivity contribution in [3.8, 4) is 95.5 Å². The van der Waals surface area contributed by atoms with Crippen LogP contribution in [0.5, 0.6) is 0 Å². The molecular formula is C107H97BN6. The third-order valence-electron chi connectivity index (χ3n) is 23.0. The zero-order chi connectivity index (χ0) is 85.9. The lowest BCUT2D eigenvalue weighted by Crippen LogP contribution is -2.61. The topological polar surface area (TPSA) is 50.1 Å². The van der Waals surface area contributed by atoms with Crippen LogP contribution in [0.4, 0.5) is 34.1 Å². The molecule has 0 saturated carbocycles. The monoisotopic (exact) mass is 1480 g/mol. The zero-order valence-electron chi connectivity index (χ0n) is 75.7. The molecule has 0 spiro atoms. The Morgan fingerprint density at radius 2 is 0.640 bits per heavy atom. The van der Waals surface area contributed by atoms with Gasteiger partial charge in [0.05, 0.1) is 33.4 Å². The predicted octanol–water partition coefficient (Wildman–Crippen LogP) is 26.9. The fourth-order valence-electron chi connectivity index (χ4n) is 16.6. The maximum Gasteiger partial charge on any atom is 0.252 e. The molecule has 18 rings (SSSR count). The SMILES string of the molecule is [2H]c1c([2H])c([2H])c2c(c1[2H])c1c([2H])c([2H])c([2H])c([2H])c1n2-c1ccc2c(c1)N(c1c(-c3ccccc3)cc(C(C)(C)C)cc1-c1nc(-c3ccccc3)nc(-c3ccccc3)n1)c1cc(-c3cc(C(C)(C)C)cc(C(C)(C)C)c3)cc3c1B2c1ccc(-c2cc(C(C)(C)C)cc(C(C)(C)C)c2)cc1N3c1ccc(-c2ccccc2)cc1-c1ccccc1. The zero-order valence-corrected chi connectivity index (χ0v) is 67.7. The average molecular weight is 1490 g/mol. The first-order valence-electron chi connectivity index (χ1n) is 43.8. The van der Waals surface area contributed by atoms with Crippen molar-refractivity contribution in [3.63, 3.8) is 0 Å². The van der Waals surface area contributed by atoms with E-state index in [1.165, 1.54) is 22.3 Å². The summed E-state index contributed by atoms with van der Waals surface area (Å²) in [5, 5.41) is -0.0362. The minimum Gasteiger partial charge on any atom is -0.311 e. The van der Waals surface area contributed by atoms with Gasteiger partial charge in [-0.2, -0.15) is 0 Å². The van der Waals surface area contributed by atoms with Crippen molar-refractivity contribution < 1.29 is 11.0 Å². The molecule has 0 radical (unpaired) electrons. The molecule has 0 saturated heterocycles. The van der Waals surface area contributed by atoms with E-state index in [0.717, 1.165) is 111 Å². The number of fused-ring (bicyclic) bond motifs is 7. The van der Waals surface area contributed by atoms with Gasteiger partial charge < -0.3 is 14.4 Å². The van der Waals surface area contributed by atoms with E-state index in [4.69, 9.17) is 15.0 Å². The van der Waals surface area contributed by atoms with E-state index in [9.17, 15) is 11.0 Å². The molecule has 2 aromatic heterocycles. The van der Waals surface area contributed by atoms with E-state index in [1.807, 2.05) is 72.8 Å². The molecule has 2 aliphatic heterocycles. The summed E-state index contributed by atoms with van der Waals surface area (Å²) in [5.41, 5.74) is 24.9. The molecule has 4 heterocycles. The first-order chi connectivity index (χ1) is 58.0. The van der Waals surface area contributed by atoms with Crippen molar-refractivity contribution in [1.82, 2.24) is 19.5 Å². The summed E-state index contributed by atoms with van der Waals surface area (Å²) in [7, 11) is 0. The molecule has 6 nitrogen and oxygen atoms in total. The Labute approximate surface area is 684 Å². The molecule has 558 valence electrons. The number of rotatable bonds is 11. The Bertz CT molecular complexity index is 6740. The van der Waals surface area contributed by atoms with E-state index < -0.39 is 60.5 Å². The summed E-state index contributed by atoms with van der Waals surface area (Å²) in [4.78, 5) is 21.8. The second-order valence-corrected chi connectivity index (χ2v) is 36.0. The van der Waals surface area contributed by atoms with Gasteiger partial charge in [-0.05, 0) is 182 Å². The van der Waals surface area contributed by atoms with E-state index in [0.29, 0.717) is 40.1 Å². The third-order valence-corrected chi connectivity index (χ3v) is 23.0. The van der Waals surface area contributed by atoms with Crippen LogP contribution in [0.15, 0.2) is 315 Å². The molecule has 0 unspecified atom stereocenters. The highest BCUT2D eigenvalue weighted by molar-refractivity contribution is 7.00. The van der Waals surface area contributed by atoms with Crippen molar-refractivity contribution in [1.29, 1.82) is 0 Å². The van der Waals surface area contributed by atoms with Crippen molar-refractivity contribution >= 4 is 79.0 Å². The van der Waals surface area contributed by atoms with Crippen LogP contribution in [-0.2, 0) is 27.1 Å². The third kappa shape index (κ3) is 13.2. The molecule has 16 aromatic rings. The summed E-state index contributed by atoms with van der Waals surface area (Å²) in [5.74, 6) is 1.34. The van der Waals surface area contributed by atoms with Crippen LogP contribution in [0.3, 0.4) is 0 Å². The van der Waals surface area contributed by atoms with Gasteiger partial charge in [0.2, 0.25) is 0 Å². The van der Waals surface area contributed by atoms with Gasteiger partial charge in [0, 0.05) is 67.0 Å². The van der Waals surface area contributed by atoms with Crippen molar-refractivity contribution in [3.05, 3.63) is 343 Å². The quantitative estimate of drug-likeness (QED) is 0.121. The van der Waals surface area contributed by atoms with Gasteiger partial charge >= 0.3 is 0 Å². The molecule has 0 atom stereocenters. The van der Waals surface area contributed by atoms with E-state index >= 15 is 0 Å². The van der Waals surface area contributed by atoms with Crippen molar-refractivity contribution in [2.24, 2.45) is 0 Å². The second-order valence-electron chi connectivity index (χ2n) is 36.0. The molecule has 0 N–H and O–H groups in total. The van der Waals surface area contributed by atoms with Crippen molar-refractivity contribution in [2.45, 2.75) is 131 Å². The van der Waals surface area contributed by atoms with Crippen LogP contribution in [0.25, 0.3) is 117 Å². The Kier molecular flexibility index (Phi) is 15.6. The first-order valence-corrected chi connectivity index (χ1v) is 39.8. The molecule has 0 fully saturated rings. The maximum absolute atomic E-state index is 10.0. The number of benzene rings is 14. The highest BCUT2D eigenvalue weighted by Gasteiger charge is 2.46. The lowest BCUT2D eigenvalue weighted by molar-refractivity contribution is 0.568. The summed E-state index contributed by atoms with van der Waals surface area (Å²) in [6, 6.07) is 92.2. The summed E-state index contributed by atoms with van der Waals surface area (Å²) in [6.45, 7) is 33.6. The Balaban J connectivity index is 1.08. The number of hydrogen-bond acceptors (Lipinski definition) is 5. The fraction of sp³-hybridized carbons (Fsp3) is 0.187.